The maximum absolute atomic E-state index is 5.50. The molecule has 18 heavy (non-hydrogen) atoms. The summed E-state index contributed by atoms with van der Waals surface area (Å²) < 4.78 is 5.50. The number of rotatable bonds is 2. The second-order valence-electron chi connectivity index (χ2n) is 5.54. The summed E-state index contributed by atoms with van der Waals surface area (Å²) in [4.78, 5) is 0. The Morgan fingerprint density at radius 3 is 2.00 bits per heavy atom. The van der Waals surface area contributed by atoms with Crippen molar-refractivity contribution in [1.82, 2.24) is 5.32 Å². The Morgan fingerprint density at radius 2 is 1.39 bits per heavy atom. The van der Waals surface area contributed by atoms with Crippen LogP contribution in [0.2, 0.25) is 0 Å². The van der Waals surface area contributed by atoms with E-state index in [0.29, 0.717) is 0 Å². The fourth-order valence-electron chi connectivity index (χ4n) is 3.40. The van der Waals surface area contributed by atoms with E-state index in [1.807, 2.05) is 0 Å². The van der Waals surface area contributed by atoms with Crippen LogP contribution in [0.25, 0.3) is 0 Å². The first kappa shape index (κ1) is 12.2. The van der Waals surface area contributed by atoms with Crippen LogP contribution in [-0.4, -0.2) is 26.3 Å². The van der Waals surface area contributed by atoms with E-state index < -0.39 is 0 Å². The lowest BCUT2D eigenvalue weighted by atomic mass is 9.81. The van der Waals surface area contributed by atoms with Crippen LogP contribution in [0.15, 0.2) is 24.3 Å². The van der Waals surface area contributed by atoms with Gasteiger partial charge < -0.3 is 10.1 Å². The average Bonchev–Trinajstić information content (AvgIpc) is 2.49. The molecule has 0 atom stereocenters. The molecule has 98 valence electrons. The lowest BCUT2D eigenvalue weighted by molar-refractivity contribution is 0.0850. The van der Waals surface area contributed by atoms with Crippen molar-refractivity contribution in [3.63, 3.8) is 0 Å². The Labute approximate surface area is 110 Å². The summed E-state index contributed by atoms with van der Waals surface area (Å²) >= 11 is 0. The van der Waals surface area contributed by atoms with Crippen molar-refractivity contribution >= 4 is 0 Å². The fourth-order valence-corrected chi connectivity index (χ4v) is 3.40. The Balaban J connectivity index is 1.83. The quantitative estimate of drug-likeness (QED) is 0.864. The van der Waals surface area contributed by atoms with Gasteiger partial charge >= 0.3 is 0 Å². The molecule has 2 nitrogen and oxygen atoms in total. The minimum atomic E-state index is 0.727. The van der Waals surface area contributed by atoms with E-state index in [1.165, 1.54) is 38.8 Å². The zero-order valence-corrected chi connectivity index (χ0v) is 11.0. The third kappa shape index (κ3) is 2.60. The van der Waals surface area contributed by atoms with E-state index in [0.717, 1.165) is 25.0 Å². The minimum absolute atomic E-state index is 0.727. The number of hydrogen-bond donors (Lipinski definition) is 1. The molecule has 0 aliphatic carbocycles. The molecule has 2 aliphatic rings. The van der Waals surface area contributed by atoms with Gasteiger partial charge in [0.05, 0.1) is 0 Å². The molecule has 0 spiro atoms. The van der Waals surface area contributed by atoms with Crippen LogP contribution in [0.1, 0.15) is 48.6 Å². The highest BCUT2D eigenvalue weighted by molar-refractivity contribution is 5.34. The van der Waals surface area contributed by atoms with E-state index in [-0.39, 0.29) is 0 Å². The van der Waals surface area contributed by atoms with Gasteiger partial charge in [0, 0.05) is 13.2 Å². The summed E-state index contributed by atoms with van der Waals surface area (Å²) in [5.74, 6) is 1.50. The molecule has 2 fully saturated rings. The fraction of sp³-hybridized carbons (Fsp3) is 0.625. The second-order valence-corrected chi connectivity index (χ2v) is 5.54. The van der Waals surface area contributed by atoms with Crippen molar-refractivity contribution in [1.29, 1.82) is 0 Å². The molecule has 1 aromatic carbocycles. The first-order valence-corrected chi connectivity index (χ1v) is 7.32. The largest absolute Gasteiger partial charge is 0.381 e. The van der Waals surface area contributed by atoms with Gasteiger partial charge in [0.2, 0.25) is 0 Å². The Hall–Kier alpha value is -0.860. The SMILES string of the molecule is c1ccc(C2CCOCC2)c(C2CCNCC2)c1. The van der Waals surface area contributed by atoms with Gasteiger partial charge in [-0.05, 0) is 61.7 Å². The summed E-state index contributed by atoms with van der Waals surface area (Å²) in [6.07, 6.45) is 4.98. The van der Waals surface area contributed by atoms with Crippen molar-refractivity contribution in [2.45, 2.75) is 37.5 Å². The van der Waals surface area contributed by atoms with Gasteiger partial charge in [0.1, 0.15) is 0 Å². The maximum atomic E-state index is 5.50. The number of hydrogen-bond acceptors (Lipinski definition) is 2. The Bertz CT molecular complexity index is 341. The molecule has 0 radical (unpaired) electrons. The lowest BCUT2D eigenvalue weighted by Crippen LogP contribution is -2.27. The molecule has 0 saturated carbocycles. The highest BCUT2D eigenvalue weighted by Gasteiger charge is 2.23. The zero-order valence-electron chi connectivity index (χ0n) is 11.0. The van der Waals surface area contributed by atoms with Crippen LogP contribution >= 0.6 is 0 Å². The maximum Gasteiger partial charge on any atom is 0.0471 e. The zero-order chi connectivity index (χ0) is 12.2. The summed E-state index contributed by atoms with van der Waals surface area (Å²) in [6, 6.07) is 9.13. The first-order chi connectivity index (χ1) is 8.95. The minimum Gasteiger partial charge on any atom is -0.381 e. The van der Waals surface area contributed by atoms with Gasteiger partial charge in [-0.1, -0.05) is 24.3 Å². The summed E-state index contributed by atoms with van der Waals surface area (Å²) in [5.41, 5.74) is 3.22. The van der Waals surface area contributed by atoms with Gasteiger partial charge in [-0.15, -0.1) is 0 Å². The van der Waals surface area contributed by atoms with Crippen LogP contribution in [0.5, 0.6) is 0 Å². The van der Waals surface area contributed by atoms with Crippen LogP contribution in [0, 0.1) is 0 Å². The van der Waals surface area contributed by atoms with Crippen LogP contribution in [-0.2, 0) is 4.74 Å². The van der Waals surface area contributed by atoms with E-state index in [9.17, 15) is 0 Å². The van der Waals surface area contributed by atoms with Crippen molar-refractivity contribution in [3.05, 3.63) is 35.4 Å². The monoisotopic (exact) mass is 245 g/mol. The van der Waals surface area contributed by atoms with Crippen molar-refractivity contribution in [3.8, 4) is 0 Å². The van der Waals surface area contributed by atoms with Gasteiger partial charge in [-0.25, -0.2) is 0 Å². The highest BCUT2D eigenvalue weighted by Crippen LogP contribution is 2.35. The Kier molecular flexibility index (Phi) is 3.96. The molecule has 3 rings (SSSR count). The molecule has 1 N–H and O–H groups in total. The molecule has 2 aliphatic heterocycles. The normalized spacial score (nSPS) is 23.1. The van der Waals surface area contributed by atoms with E-state index in [1.54, 1.807) is 11.1 Å². The number of nitrogens with one attached hydrogen (secondary N) is 1. The van der Waals surface area contributed by atoms with Gasteiger partial charge in [-0.2, -0.15) is 0 Å². The summed E-state index contributed by atoms with van der Waals surface area (Å²) in [5, 5.41) is 3.46. The molecule has 2 heterocycles. The van der Waals surface area contributed by atoms with Crippen molar-refractivity contribution < 1.29 is 4.74 Å². The predicted octanol–water partition coefficient (Wildman–Crippen LogP) is 3.05. The number of piperidine rings is 1. The Morgan fingerprint density at radius 1 is 0.833 bits per heavy atom. The molecular weight excluding hydrogens is 222 g/mol. The molecule has 2 saturated heterocycles. The van der Waals surface area contributed by atoms with Crippen molar-refractivity contribution in [2.75, 3.05) is 26.3 Å². The lowest BCUT2D eigenvalue weighted by Gasteiger charge is -2.29. The van der Waals surface area contributed by atoms with E-state index in [4.69, 9.17) is 4.74 Å². The summed E-state index contributed by atoms with van der Waals surface area (Å²) in [6.45, 7) is 4.22. The first-order valence-electron chi connectivity index (χ1n) is 7.32. The van der Waals surface area contributed by atoms with Gasteiger partial charge in [-0.3, -0.25) is 0 Å². The molecule has 0 bridgehead atoms. The number of ether oxygens (including phenoxy) is 1. The molecule has 2 heteroatoms. The summed E-state index contributed by atoms with van der Waals surface area (Å²) in [7, 11) is 0. The molecule has 0 amide bonds. The third-order valence-electron chi connectivity index (χ3n) is 4.44. The van der Waals surface area contributed by atoms with Crippen LogP contribution in [0.4, 0.5) is 0 Å². The van der Waals surface area contributed by atoms with Gasteiger partial charge in [0.25, 0.3) is 0 Å². The van der Waals surface area contributed by atoms with Crippen molar-refractivity contribution in [2.24, 2.45) is 0 Å². The van der Waals surface area contributed by atoms with Gasteiger partial charge in [0.15, 0.2) is 0 Å². The second kappa shape index (κ2) is 5.85. The van der Waals surface area contributed by atoms with E-state index >= 15 is 0 Å². The smallest absolute Gasteiger partial charge is 0.0471 e. The number of benzene rings is 1. The average molecular weight is 245 g/mol. The predicted molar refractivity (Wildman–Crippen MR) is 74.1 cm³/mol. The standard InChI is InChI=1S/C16H23NO/c1-2-4-16(14-7-11-18-12-8-14)15(3-1)13-5-9-17-10-6-13/h1-4,13-14,17H,5-12H2. The molecule has 0 aromatic heterocycles. The molecule has 1 aromatic rings. The van der Waals surface area contributed by atoms with E-state index in [2.05, 4.69) is 29.6 Å². The highest BCUT2D eigenvalue weighted by atomic mass is 16.5. The molecule has 0 unspecified atom stereocenters. The topological polar surface area (TPSA) is 21.3 Å². The van der Waals surface area contributed by atoms with Crippen LogP contribution in [0.3, 0.4) is 0 Å². The third-order valence-corrected chi connectivity index (χ3v) is 4.44. The van der Waals surface area contributed by atoms with Crippen LogP contribution < -0.4 is 5.32 Å². The molecular formula is C16H23NO.